The highest BCUT2D eigenvalue weighted by molar-refractivity contribution is 5.99. The minimum atomic E-state index is 0.138. The highest BCUT2D eigenvalue weighted by Crippen LogP contribution is 2.21. The number of ketones is 1. The van der Waals surface area contributed by atoms with Crippen LogP contribution in [0.25, 0.3) is 5.69 Å². The maximum atomic E-state index is 12.6. The normalized spacial score (nSPS) is 17.4. The minimum absolute atomic E-state index is 0.138. The molecule has 1 atom stereocenters. The molecule has 1 aromatic carbocycles. The van der Waals surface area contributed by atoms with Crippen molar-refractivity contribution in [2.24, 2.45) is 0 Å². The van der Waals surface area contributed by atoms with E-state index in [9.17, 15) is 4.79 Å². The summed E-state index contributed by atoms with van der Waals surface area (Å²) in [5.41, 5.74) is 5.21. The van der Waals surface area contributed by atoms with E-state index < -0.39 is 0 Å². The molecule has 0 saturated carbocycles. The van der Waals surface area contributed by atoms with E-state index in [1.54, 1.807) is 0 Å². The third-order valence-electron chi connectivity index (χ3n) is 4.71. The van der Waals surface area contributed by atoms with Crippen molar-refractivity contribution in [1.82, 2.24) is 9.88 Å². The van der Waals surface area contributed by atoms with E-state index in [0.717, 1.165) is 48.6 Å². The zero-order chi connectivity index (χ0) is 17.1. The predicted molar refractivity (Wildman–Crippen MR) is 96.2 cm³/mol. The lowest BCUT2D eigenvalue weighted by atomic mass is 10.1. The van der Waals surface area contributed by atoms with Gasteiger partial charge < -0.3 is 14.6 Å². The molecule has 128 valence electrons. The maximum absolute atomic E-state index is 12.6. The first-order valence-corrected chi connectivity index (χ1v) is 8.68. The molecule has 0 amide bonds. The predicted octanol–water partition coefficient (Wildman–Crippen LogP) is 3.35. The first kappa shape index (κ1) is 16.9. The molecule has 1 saturated heterocycles. The van der Waals surface area contributed by atoms with Gasteiger partial charge in [0.25, 0.3) is 0 Å². The first-order valence-electron chi connectivity index (χ1n) is 8.68. The van der Waals surface area contributed by atoms with Crippen LogP contribution in [0.15, 0.2) is 30.3 Å². The standard InChI is InChI=1S/C20H26N2O2/c1-14-6-8-17(9-7-14)22-15(2)11-19(16(22)3)20(23)13-21-12-18-5-4-10-24-18/h6-9,11,18,21H,4-5,10,12-13H2,1-3H3. The lowest BCUT2D eigenvalue weighted by Gasteiger charge is -2.11. The van der Waals surface area contributed by atoms with Crippen LogP contribution < -0.4 is 5.32 Å². The summed E-state index contributed by atoms with van der Waals surface area (Å²) in [4.78, 5) is 12.6. The molecule has 1 aromatic heterocycles. The van der Waals surface area contributed by atoms with Crippen molar-refractivity contribution in [3.8, 4) is 5.69 Å². The van der Waals surface area contributed by atoms with Crippen LogP contribution in [0.4, 0.5) is 0 Å². The van der Waals surface area contributed by atoms with Crippen molar-refractivity contribution in [3.63, 3.8) is 0 Å². The van der Waals surface area contributed by atoms with Crippen molar-refractivity contribution in [3.05, 3.63) is 52.8 Å². The third kappa shape index (κ3) is 3.60. The molecule has 0 bridgehead atoms. The second-order valence-corrected chi connectivity index (χ2v) is 6.64. The van der Waals surface area contributed by atoms with E-state index in [-0.39, 0.29) is 11.9 Å². The van der Waals surface area contributed by atoms with E-state index in [1.807, 2.05) is 19.9 Å². The Kier molecular flexibility index (Phi) is 5.17. The average Bonchev–Trinajstić information content (AvgIpc) is 3.17. The molecule has 0 radical (unpaired) electrons. The Bertz CT molecular complexity index is 710. The number of nitrogens with zero attached hydrogens (tertiary/aromatic N) is 1. The van der Waals surface area contributed by atoms with Gasteiger partial charge in [0.15, 0.2) is 5.78 Å². The van der Waals surface area contributed by atoms with Gasteiger partial charge in [-0.1, -0.05) is 17.7 Å². The van der Waals surface area contributed by atoms with E-state index in [2.05, 4.69) is 41.1 Å². The number of aromatic nitrogens is 1. The van der Waals surface area contributed by atoms with Gasteiger partial charge in [0.05, 0.1) is 12.6 Å². The number of carbonyl (C=O) groups is 1. The first-order chi connectivity index (χ1) is 11.6. The van der Waals surface area contributed by atoms with Crippen molar-refractivity contribution < 1.29 is 9.53 Å². The number of hydrogen-bond donors (Lipinski definition) is 1. The molecule has 4 nitrogen and oxygen atoms in total. The lowest BCUT2D eigenvalue weighted by Crippen LogP contribution is -2.31. The second kappa shape index (κ2) is 7.32. The molecule has 1 N–H and O–H groups in total. The molecule has 0 spiro atoms. The second-order valence-electron chi connectivity index (χ2n) is 6.64. The van der Waals surface area contributed by atoms with Crippen LogP contribution >= 0.6 is 0 Å². The van der Waals surface area contributed by atoms with Crippen molar-refractivity contribution in [2.75, 3.05) is 19.7 Å². The Balaban J connectivity index is 1.70. The summed E-state index contributed by atoms with van der Waals surface area (Å²) in [6.07, 6.45) is 2.47. The Morgan fingerprint density at radius 2 is 2.00 bits per heavy atom. The highest BCUT2D eigenvalue weighted by atomic mass is 16.5. The van der Waals surface area contributed by atoms with Gasteiger partial charge in [-0.15, -0.1) is 0 Å². The molecule has 2 heterocycles. The number of rotatable bonds is 6. The number of ether oxygens (including phenoxy) is 1. The summed E-state index contributed by atoms with van der Waals surface area (Å²) in [5, 5.41) is 3.24. The monoisotopic (exact) mass is 326 g/mol. The fourth-order valence-electron chi connectivity index (χ4n) is 3.38. The van der Waals surface area contributed by atoms with E-state index in [4.69, 9.17) is 4.74 Å². The molecule has 2 aromatic rings. The number of carbonyl (C=O) groups excluding carboxylic acids is 1. The topological polar surface area (TPSA) is 43.3 Å². The Morgan fingerprint density at radius 3 is 2.67 bits per heavy atom. The van der Waals surface area contributed by atoms with Crippen LogP contribution in [0.1, 0.15) is 40.2 Å². The van der Waals surface area contributed by atoms with Crippen molar-refractivity contribution in [1.29, 1.82) is 0 Å². The molecule has 0 aliphatic carbocycles. The van der Waals surface area contributed by atoms with Crippen LogP contribution in [-0.2, 0) is 4.74 Å². The van der Waals surface area contributed by atoms with Crippen molar-refractivity contribution >= 4 is 5.78 Å². The number of benzene rings is 1. The zero-order valence-corrected chi connectivity index (χ0v) is 14.8. The van der Waals surface area contributed by atoms with E-state index in [0.29, 0.717) is 6.54 Å². The van der Waals surface area contributed by atoms with Gasteiger partial charge in [-0.2, -0.15) is 0 Å². The summed E-state index contributed by atoms with van der Waals surface area (Å²) in [5.74, 6) is 0.138. The lowest BCUT2D eigenvalue weighted by molar-refractivity contribution is 0.0955. The summed E-state index contributed by atoms with van der Waals surface area (Å²) >= 11 is 0. The summed E-state index contributed by atoms with van der Waals surface area (Å²) in [6, 6.07) is 10.4. The SMILES string of the molecule is Cc1ccc(-n2c(C)cc(C(=O)CNCC3CCCO3)c2C)cc1. The molecule has 1 aliphatic heterocycles. The Hall–Kier alpha value is -1.91. The Labute approximate surface area is 143 Å². The molecular formula is C20H26N2O2. The maximum Gasteiger partial charge on any atom is 0.178 e. The van der Waals surface area contributed by atoms with Crippen LogP contribution in [0.5, 0.6) is 0 Å². The fourth-order valence-corrected chi connectivity index (χ4v) is 3.38. The van der Waals surface area contributed by atoms with Gasteiger partial charge in [0.1, 0.15) is 0 Å². The van der Waals surface area contributed by atoms with Gasteiger partial charge >= 0.3 is 0 Å². The smallest absolute Gasteiger partial charge is 0.178 e. The molecule has 3 rings (SSSR count). The van der Waals surface area contributed by atoms with Crippen LogP contribution in [0.3, 0.4) is 0 Å². The van der Waals surface area contributed by atoms with E-state index >= 15 is 0 Å². The average molecular weight is 326 g/mol. The fraction of sp³-hybridized carbons (Fsp3) is 0.450. The summed E-state index contributed by atoms with van der Waals surface area (Å²) in [6.45, 7) is 8.09. The molecule has 24 heavy (non-hydrogen) atoms. The number of hydrogen-bond acceptors (Lipinski definition) is 3. The number of Topliss-reactive ketones (excluding diaryl/α,β-unsaturated/α-hetero) is 1. The number of nitrogens with one attached hydrogen (secondary N) is 1. The highest BCUT2D eigenvalue weighted by Gasteiger charge is 2.18. The van der Waals surface area contributed by atoms with Gasteiger partial charge in [-0.25, -0.2) is 0 Å². The molecule has 1 fully saturated rings. The third-order valence-corrected chi connectivity index (χ3v) is 4.71. The molecule has 1 unspecified atom stereocenters. The van der Waals surface area contributed by atoms with E-state index in [1.165, 1.54) is 5.56 Å². The number of aryl methyl sites for hydroxylation is 2. The van der Waals surface area contributed by atoms with Gasteiger partial charge in [0.2, 0.25) is 0 Å². The largest absolute Gasteiger partial charge is 0.377 e. The van der Waals surface area contributed by atoms with Gasteiger partial charge in [0, 0.05) is 35.8 Å². The Morgan fingerprint density at radius 1 is 1.25 bits per heavy atom. The van der Waals surface area contributed by atoms with Gasteiger partial charge in [-0.3, -0.25) is 4.79 Å². The minimum Gasteiger partial charge on any atom is -0.377 e. The molecule has 1 aliphatic rings. The zero-order valence-electron chi connectivity index (χ0n) is 14.8. The van der Waals surface area contributed by atoms with Crippen molar-refractivity contribution in [2.45, 2.75) is 39.7 Å². The quantitative estimate of drug-likeness (QED) is 0.828. The van der Waals surface area contributed by atoms with Crippen LogP contribution in [0, 0.1) is 20.8 Å². The van der Waals surface area contributed by atoms with Crippen LogP contribution in [-0.4, -0.2) is 36.2 Å². The van der Waals surface area contributed by atoms with Crippen LogP contribution in [0.2, 0.25) is 0 Å². The molecular weight excluding hydrogens is 300 g/mol. The summed E-state index contributed by atoms with van der Waals surface area (Å²) < 4.78 is 7.72. The molecule has 4 heteroatoms. The van der Waals surface area contributed by atoms with Gasteiger partial charge in [-0.05, 0) is 51.8 Å². The summed E-state index contributed by atoms with van der Waals surface area (Å²) in [7, 11) is 0.